The van der Waals surface area contributed by atoms with Crippen LogP contribution in [-0.2, 0) is 7.05 Å². The number of halogens is 1. The topological polar surface area (TPSA) is 54.6 Å². The number of nitrogens with zero attached hydrogens (tertiary/aromatic N) is 4. The van der Waals surface area contributed by atoms with Gasteiger partial charge in [0, 0.05) is 30.7 Å². The molecule has 1 aromatic heterocycles. The second-order valence-corrected chi connectivity index (χ2v) is 4.51. The lowest BCUT2D eigenvalue weighted by Gasteiger charge is -2.06. The second-order valence-electron chi connectivity index (χ2n) is 4.27. The van der Waals surface area contributed by atoms with Gasteiger partial charge in [-0.1, -0.05) is 12.1 Å². The van der Waals surface area contributed by atoms with E-state index in [0.717, 1.165) is 16.8 Å². The number of benzene rings is 1. The molecule has 0 bridgehead atoms. The van der Waals surface area contributed by atoms with Crippen molar-refractivity contribution in [3.63, 3.8) is 0 Å². The van der Waals surface area contributed by atoms with E-state index in [1.807, 2.05) is 43.7 Å². The minimum Gasteiger partial charge on any atom is -0.340 e. The minimum absolute atomic E-state index is 0.178. The summed E-state index contributed by atoms with van der Waals surface area (Å²) in [7, 11) is 1.90. The van der Waals surface area contributed by atoms with Gasteiger partial charge in [0.15, 0.2) is 0 Å². The Hall–Kier alpha value is -2.40. The molecule has 0 aliphatic heterocycles. The molecule has 0 saturated heterocycles. The van der Waals surface area contributed by atoms with Crippen molar-refractivity contribution in [3.8, 4) is 11.1 Å². The Morgan fingerprint density at radius 1 is 1.38 bits per heavy atom. The van der Waals surface area contributed by atoms with Crippen LogP contribution in [0, 0.1) is 0 Å². The molecule has 0 saturated carbocycles. The second kappa shape index (κ2) is 7.40. The zero-order chi connectivity index (χ0) is 15.1. The summed E-state index contributed by atoms with van der Waals surface area (Å²) >= 11 is 5.63. The smallest absolute Gasteiger partial charge is 0.128 e. The fraction of sp³-hybridized carbons (Fsp3) is 0.133. The van der Waals surface area contributed by atoms with E-state index in [-0.39, 0.29) is 6.00 Å². The number of alkyl halides is 1. The number of aromatic nitrogens is 2. The highest BCUT2D eigenvalue weighted by atomic mass is 35.5. The third-order valence-corrected chi connectivity index (χ3v) is 2.88. The van der Waals surface area contributed by atoms with Gasteiger partial charge >= 0.3 is 0 Å². The molecule has 0 amide bonds. The molecule has 0 spiro atoms. The summed E-state index contributed by atoms with van der Waals surface area (Å²) in [6.07, 6.45) is 7.08. The predicted octanol–water partition coefficient (Wildman–Crippen LogP) is 3.31. The third kappa shape index (κ3) is 4.29. The van der Waals surface area contributed by atoms with E-state index in [9.17, 15) is 0 Å². The molecular formula is C15H16ClN5. The number of hydrogen-bond donors (Lipinski definition) is 1. The normalized spacial score (nSPS) is 11.8. The molecule has 0 atom stereocenters. The first-order valence-electron chi connectivity index (χ1n) is 6.32. The van der Waals surface area contributed by atoms with Crippen molar-refractivity contribution in [1.29, 1.82) is 0 Å². The lowest BCUT2D eigenvalue weighted by Crippen LogP contribution is -2.09. The summed E-state index contributed by atoms with van der Waals surface area (Å²) in [5, 5.41) is 7.33. The van der Waals surface area contributed by atoms with Gasteiger partial charge in [-0.3, -0.25) is 14.7 Å². The average molecular weight is 302 g/mol. The van der Waals surface area contributed by atoms with Crippen LogP contribution < -0.4 is 5.32 Å². The van der Waals surface area contributed by atoms with Gasteiger partial charge in [0.2, 0.25) is 0 Å². The van der Waals surface area contributed by atoms with Crippen LogP contribution in [0.2, 0.25) is 0 Å². The van der Waals surface area contributed by atoms with Crippen molar-refractivity contribution in [2.24, 2.45) is 17.0 Å². The Bertz CT molecular complexity index is 655. The van der Waals surface area contributed by atoms with Gasteiger partial charge in [-0.25, -0.2) is 0 Å². The first-order chi connectivity index (χ1) is 10.2. The maximum atomic E-state index is 5.63. The van der Waals surface area contributed by atoms with Crippen molar-refractivity contribution in [2.45, 2.75) is 0 Å². The first-order valence-corrected chi connectivity index (χ1v) is 6.85. The zero-order valence-electron chi connectivity index (χ0n) is 11.7. The third-order valence-electron chi connectivity index (χ3n) is 2.76. The standard InChI is InChI=1S/C15H16ClN5/c1-17-8-7-15(18-11-16)20-14-5-3-12(4-6-14)13-9-19-21(2)10-13/h3-10H,1,11H2,2H3,(H,18,20)/b8-7-. The van der Waals surface area contributed by atoms with Crippen LogP contribution in [0.15, 0.2) is 58.9 Å². The molecule has 2 aromatic rings. The molecule has 6 heteroatoms. The number of anilines is 1. The molecule has 0 fully saturated rings. The molecule has 5 nitrogen and oxygen atoms in total. The van der Waals surface area contributed by atoms with Crippen molar-refractivity contribution in [1.82, 2.24) is 9.78 Å². The van der Waals surface area contributed by atoms with E-state index in [0.29, 0.717) is 5.84 Å². The molecule has 0 unspecified atom stereocenters. The van der Waals surface area contributed by atoms with Gasteiger partial charge in [0.25, 0.3) is 0 Å². The van der Waals surface area contributed by atoms with Crippen LogP contribution in [0.4, 0.5) is 5.69 Å². The Kier molecular flexibility index (Phi) is 5.29. The van der Waals surface area contributed by atoms with E-state index in [1.165, 1.54) is 0 Å². The van der Waals surface area contributed by atoms with Crippen molar-refractivity contribution < 1.29 is 0 Å². The van der Waals surface area contributed by atoms with E-state index in [4.69, 9.17) is 11.6 Å². The summed E-state index contributed by atoms with van der Waals surface area (Å²) in [5.74, 6) is 0.631. The summed E-state index contributed by atoms with van der Waals surface area (Å²) in [5.41, 5.74) is 3.10. The minimum atomic E-state index is 0.178. The number of nitrogens with one attached hydrogen (secondary N) is 1. The summed E-state index contributed by atoms with van der Waals surface area (Å²) < 4.78 is 1.78. The Balaban J connectivity index is 2.13. The molecule has 1 N–H and O–H groups in total. The number of aliphatic imine (C=N–C) groups is 2. The first kappa shape index (κ1) is 15.0. The quantitative estimate of drug-likeness (QED) is 0.399. The molecule has 1 aromatic carbocycles. The van der Waals surface area contributed by atoms with Gasteiger partial charge in [-0.05, 0) is 30.5 Å². The van der Waals surface area contributed by atoms with Gasteiger partial charge in [0.05, 0.1) is 6.20 Å². The molecule has 2 rings (SSSR count). The molecule has 21 heavy (non-hydrogen) atoms. The molecule has 0 aliphatic rings. The van der Waals surface area contributed by atoms with Crippen LogP contribution >= 0.6 is 11.6 Å². The van der Waals surface area contributed by atoms with Crippen molar-refractivity contribution >= 4 is 29.8 Å². The largest absolute Gasteiger partial charge is 0.340 e. The van der Waals surface area contributed by atoms with E-state index < -0.39 is 0 Å². The van der Waals surface area contributed by atoms with Crippen LogP contribution in [0.5, 0.6) is 0 Å². The van der Waals surface area contributed by atoms with Gasteiger partial charge in [-0.15, -0.1) is 11.6 Å². The van der Waals surface area contributed by atoms with E-state index in [2.05, 4.69) is 27.1 Å². The van der Waals surface area contributed by atoms with Crippen LogP contribution in [0.1, 0.15) is 0 Å². The van der Waals surface area contributed by atoms with Gasteiger partial charge in [0.1, 0.15) is 11.8 Å². The summed E-state index contributed by atoms with van der Waals surface area (Å²) in [4.78, 5) is 7.78. The summed E-state index contributed by atoms with van der Waals surface area (Å²) in [6.45, 7) is 3.39. The lowest BCUT2D eigenvalue weighted by molar-refractivity contribution is 0.768. The highest BCUT2D eigenvalue weighted by Gasteiger charge is 2.01. The van der Waals surface area contributed by atoms with E-state index >= 15 is 0 Å². The Morgan fingerprint density at radius 3 is 2.71 bits per heavy atom. The number of rotatable bonds is 5. The molecular weight excluding hydrogens is 286 g/mol. The predicted molar refractivity (Wildman–Crippen MR) is 89.1 cm³/mol. The number of hydrogen-bond acceptors (Lipinski definition) is 3. The maximum Gasteiger partial charge on any atom is 0.128 e. The maximum absolute atomic E-state index is 5.63. The molecule has 0 radical (unpaired) electrons. The molecule has 1 heterocycles. The fourth-order valence-corrected chi connectivity index (χ4v) is 1.91. The van der Waals surface area contributed by atoms with Crippen molar-refractivity contribution in [3.05, 3.63) is 48.9 Å². The van der Waals surface area contributed by atoms with Crippen LogP contribution in [-0.4, -0.2) is 28.3 Å². The highest BCUT2D eigenvalue weighted by molar-refractivity contribution is 6.19. The number of amidine groups is 1. The van der Waals surface area contributed by atoms with Crippen molar-refractivity contribution in [2.75, 3.05) is 11.3 Å². The zero-order valence-corrected chi connectivity index (χ0v) is 12.5. The number of aryl methyl sites for hydroxylation is 1. The highest BCUT2D eigenvalue weighted by Crippen LogP contribution is 2.20. The Morgan fingerprint density at radius 2 is 2.14 bits per heavy atom. The molecule has 0 aliphatic carbocycles. The Labute approximate surface area is 128 Å². The van der Waals surface area contributed by atoms with Gasteiger partial charge in [-0.2, -0.15) is 5.10 Å². The van der Waals surface area contributed by atoms with E-state index in [1.54, 1.807) is 17.0 Å². The average Bonchev–Trinajstić information content (AvgIpc) is 2.92. The fourth-order valence-electron chi connectivity index (χ4n) is 1.79. The SMILES string of the molecule is C=N/C=C\C(=NCCl)Nc1ccc(-c2cnn(C)c2)cc1. The van der Waals surface area contributed by atoms with Crippen LogP contribution in [0.3, 0.4) is 0 Å². The van der Waals surface area contributed by atoms with Gasteiger partial charge < -0.3 is 5.32 Å². The lowest BCUT2D eigenvalue weighted by atomic mass is 10.1. The molecule has 108 valence electrons. The monoisotopic (exact) mass is 301 g/mol. The van der Waals surface area contributed by atoms with Crippen LogP contribution in [0.25, 0.3) is 11.1 Å². The summed E-state index contributed by atoms with van der Waals surface area (Å²) in [6, 6.07) is 8.17.